The van der Waals surface area contributed by atoms with Crippen LogP contribution < -0.4 is 16.6 Å². The summed E-state index contributed by atoms with van der Waals surface area (Å²) in [4.78, 5) is 11.5. The Hall–Kier alpha value is -1.33. The lowest BCUT2D eigenvalue weighted by atomic mass is 10.1. The van der Waals surface area contributed by atoms with Gasteiger partial charge in [-0.1, -0.05) is 23.7 Å². The van der Waals surface area contributed by atoms with E-state index in [-0.39, 0.29) is 11.0 Å². The molecule has 0 bridgehead atoms. The van der Waals surface area contributed by atoms with E-state index in [9.17, 15) is 4.79 Å². The number of hydrogen-bond donors (Lipinski definition) is 3. The molecule has 0 saturated heterocycles. The lowest BCUT2D eigenvalue weighted by Gasteiger charge is -2.08. The Kier molecular flexibility index (Phi) is 3.88. The Bertz CT molecular complexity index is 408. The molecule has 0 aliphatic carbocycles. The third kappa shape index (κ3) is 3.07. The lowest BCUT2D eigenvalue weighted by molar-refractivity contribution is 0.0944. The van der Waals surface area contributed by atoms with Crippen molar-refractivity contribution in [3.63, 3.8) is 0 Å². The summed E-state index contributed by atoms with van der Waals surface area (Å²) < 4.78 is 0. The molecular weight excluding hydrogens is 234 g/mol. The van der Waals surface area contributed by atoms with Crippen LogP contribution in [0.25, 0.3) is 0 Å². The maximum Gasteiger partial charge on any atom is 0.271 e. The van der Waals surface area contributed by atoms with Crippen molar-refractivity contribution in [2.24, 2.45) is 5.73 Å². The number of aryl methyl sites for hydroxylation is 1. The molecule has 4 nitrogen and oxygen atoms in total. The van der Waals surface area contributed by atoms with Gasteiger partial charge in [0.2, 0.25) is 0 Å². The van der Waals surface area contributed by atoms with E-state index in [1.807, 2.05) is 13.0 Å². The summed E-state index contributed by atoms with van der Waals surface area (Å²) in [7, 11) is 0. The molecule has 1 amide bonds. The molecule has 0 atom stereocenters. The van der Waals surface area contributed by atoms with E-state index >= 15 is 0 Å². The molecule has 1 aromatic rings. The molecule has 0 spiro atoms. The first-order valence-corrected chi connectivity index (χ1v) is 4.92. The number of hydrazine groups is 1. The highest BCUT2D eigenvalue weighted by Gasteiger charge is 2.10. The summed E-state index contributed by atoms with van der Waals surface area (Å²) in [6, 6.07) is 5.18. The topological polar surface area (TPSA) is 67.2 Å². The summed E-state index contributed by atoms with van der Waals surface area (Å²) in [5.74, 6) is -0.378. The molecule has 0 fully saturated rings. The Morgan fingerprint density at radius 2 is 2.13 bits per heavy atom. The first-order valence-electron chi connectivity index (χ1n) is 4.13. The molecular formula is C9H10ClN3OS. The number of hydrogen-bond acceptors (Lipinski definition) is 2. The zero-order valence-corrected chi connectivity index (χ0v) is 9.58. The maximum atomic E-state index is 11.5. The van der Waals surface area contributed by atoms with Crippen molar-refractivity contribution in [3.05, 3.63) is 34.3 Å². The highest BCUT2D eigenvalue weighted by Crippen LogP contribution is 2.19. The van der Waals surface area contributed by atoms with E-state index in [4.69, 9.17) is 17.3 Å². The zero-order chi connectivity index (χ0) is 11.4. The van der Waals surface area contributed by atoms with Crippen molar-refractivity contribution in [1.82, 2.24) is 10.9 Å². The van der Waals surface area contributed by atoms with E-state index in [1.54, 1.807) is 12.1 Å². The number of rotatable bonds is 1. The molecule has 0 aliphatic heterocycles. The molecule has 0 radical (unpaired) electrons. The van der Waals surface area contributed by atoms with Gasteiger partial charge in [0, 0.05) is 0 Å². The molecule has 15 heavy (non-hydrogen) atoms. The molecule has 0 unspecified atom stereocenters. The van der Waals surface area contributed by atoms with Crippen LogP contribution >= 0.6 is 23.8 Å². The second-order valence-corrected chi connectivity index (χ2v) is 3.70. The van der Waals surface area contributed by atoms with Crippen LogP contribution in [0.1, 0.15) is 15.9 Å². The van der Waals surface area contributed by atoms with Crippen molar-refractivity contribution in [2.75, 3.05) is 0 Å². The Morgan fingerprint density at radius 1 is 1.47 bits per heavy atom. The monoisotopic (exact) mass is 243 g/mol. The quantitative estimate of drug-likeness (QED) is 0.511. The fourth-order valence-electron chi connectivity index (χ4n) is 1.01. The van der Waals surface area contributed by atoms with Gasteiger partial charge in [0.15, 0.2) is 5.11 Å². The van der Waals surface area contributed by atoms with Gasteiger partial charge >= 0.3 is 0 Å². The number of halogens is 1. The first-order chi connectivity index (χ1) is 7.02. The fraction of sp³-hybridized carbons (Fsp3) is 0.111. The predicted octanol–water partition coefficient (Wildman–Crippen LogP) is 1.13. The summed E-state index contributed by atoms with van der Waals surface area (Å²) in [6.45, 7) is 1.82. The summed E-state index contributed by atoms with van der Waals surface area (Å²) in [5.41, 5.74) is 11.0. The Labute approximate surface area is 97.8 Å². The van der Waals surface area contributed by atoms with Crippen LogP contribution in [0.15, 0.2) is 18.2 Å². The number of carbonyl (C=O) groups is 1. The minimum absolute atomic E-state index is 0.00729. The van der Waals surface area contributed by atoms with E-state index in [0.717, 1.165) is 5.56 Å². The van der Waals surface area contributed by atoms with Crippen LogP contribution in [0.2, 0.25) is 5.02 Å². The largest absolute Gasteiger partial charge is 0.375 e. The molecule has 6 heteroatoms. The fourth-order valence-corrected chi connectivity index (χ4v) is 1.27. The Balaban J connectivity index is 2.82. The highest BCUT2D eigenvalue weighted by molar-refractivity contribution is 7.80. The normalized spacial score (nSPS) is 9.47. The second-order valence-electron chi connectivity index (χ2n) is 2.88. The number of nitrogens with one attached hydrogen (secondary N) is 2. The average molecular weight is 244 g/mol. The number of carbonyl (C=O) groups excluding carboxylic acids is 1. The van der Waals surface area contributed by atoms with Crippen molar-refractivity contribution in [2.45, 2.75) is 6.92 Å². The second kappa shape index (κ2) is 4.95. The van der Waals surface area contributed by atoms with Gasteiger partial charge in [0.25, 0.3) is 5.91 Å². The van der Waals surface area contributed by atoms with Gasteiger partial charge in [-0.3, -0.25) is 15.6 Å². The molecule has 80 valence electrons. The van der Waals surface area contributed by atoms with E-state index in [1.165, 1.54) is 0 Å². The smallest absolute Gasteiger partial charge is 0.271 e. The number of nitrogens with two attached hydrogens (primary N) is 1. The van der Waals surface area contributed by atoms with Gasteiger partial charge in [-0.15, -0.1) is 0 Å². The highest BCUT2D eigenvalue weighted by atomic mass is 35.5. The zero-order valence-electron chi connectivity index (χ0n) is 8.00. The lowest BCUT2D eigenvalue weighted by Crippen LogP contribution is -2.44. The standard InChI is InChI=1S/C9H10ClN3OS/c1-5-3-2-4-6(7(5)10)8(14)12-13-9(11)15/h2-4H,1H3,(H,12,14)(H3,11,13,15). The maximum absolute atomic E-state index is 11.5. The van der Waals surface area contributed by atoms with Crippen molar-refractivity contribution in [3.8, 4) is 0 Å². The molecule has 0 aromatic heterocycles. The van der Waals surface area contributed by atoms with Gasteiger partial charge in [-0.2, -0.15) is 0 Å². The van der Waals surface area contributed by atoms with Gasteiger partial charge in [0.05, 0.1) is 10.6 Å². The van der Waals surface area contributed by atoms with E-state index in [0.29, 0.717) is 10.6 Å². The third-order valence-corrected chi connectivity index (χ3v) is 2.34. The average Bonchev–Trinajstić information content (AvgIpc) is 2.18. The summed E-state index contributed by atoms with van der Waals surface area (Å²) in [5, 5.41) is 0.409. The number of amides is 1. The minimum atomic E-state index is -0.378. The minimum Gasteiger partial charge on any atom is -0.375 e. The molecule has 0 saturated carbocycles. The molecule has 0 heterocycles. The van der Waals surface area contributed by atoms with Crippen LogP contribution in [0.4, 0.5) is 0 Å². The number of thiocarbonyl (C=S) groups is 1. The van der Waals surface area contributed by atoms with Crippen molar-refractivity contribution in [1.29, 1.82) is 0 Å². The Morgan fingerprint density at radius 3 is 2.73 bits per heavy atom. The van der Waals surface area contributed by atoms with Crippen molar-refractivity contribution >= 4 is 34.8 Å². The van der Waals surface area contributed by atoms with Crippen LogP contribution in [0, 0.1) is 6.92 Å². The van der Waals surface area contributed by atoms with Crippen LogP contribution in [0.5, 0.6) is 0 Å². The molecule has 1 rings (SSSR count). The van der Waals surface area contributed by atoms with E-state index in [2.05, 4.69) is 23.1 Å². The van der Waals surface area contributed by atoms with Crippen LogP contribution in [0.3, 0.4) is 0 Å². The molecule has 4 N–H and O–H groups in total. The molecule has 1 aromatic carbocycles. The summed E-state index contributed by atoms with van der Waals surface area (Å²) in [6.07, 6.45) is 0. The summed E-state index contributed by atoms with van der Waals surface area (Å²) >= 11 is 10.5. The first kappa shape index (κ1) is 11.7. The molecule has 0 aliphatic rings. The van der Waals surface area contributed by atoms with Gasteiger partial charge < -0.3 is 5.73 Å². The third-order valence-electron chi connectivity index (χ3n) is 1.74. The van der Waals surface area contributed by atoms with Crippen LogP contribution in [-0.4, -0.2) is 11.0 Å². The van der Waals surface area contributed by atoms with E-state index < -0.39 is 0 Å². The van der Waals surface area contributed by atoms with Crippen LogP contribution in [-0.2, 0) is 0 Å². The van der Waals surface area contributed by atoms with Gasteiger partial charge in [-0.05, 0) is 30.8 Å². The van der Waals surface area contributed by atoms with Gasteiger partial charge in [-0.25, -0.2) is 0 Å². The number of benzene rings is 1. The van der Waals surface area contributed by atoms with Crippen molar-refractivity contribution < 1.29 is 4.79 Å². The SMILES string of the molecule is Cc1cccc(C(=O)NNC(N)=S)c1Cl. The van der Waals surface area contributed by atoms with Gasteiger partial charge in [0.1, 0.15) is 0 Å². The predicted molar refractivity (Wildman–Crippen MR) is 63.6 cm³/mol.